The number of likely N-dealkylation sites (tertiary alicyclic amines) is 1. The van der Waals surface area contributed by atoms with Gasteiger partial charge >= 0.3 is 0 Å². The number of nitrogens with one attached hydrogen (secondary N) is 1. The van der Waals surface area contributed by atoms with Crippen LogP contribution in [0.1, 0.15) is 34.7 Å². The lowest BCUT2D eigenvalue weighted by Gasteiger charge is -2.25. The van der Waals surface area contributed by atoms with Crippen molar-refractivity contribution in [2.75, 3.05) is 27.2 Å². The first kappa shape index (κ1) is 26.6. The van der Waals surface area contributed by atoms with E-state index in [0.717, 1.165) is 34.1 Å². The monoisotopic (exact) mass is 563 g/mol. The highest BCUT2D eigenvalue weighted by Crippen LogP contribution is 2.40. The Balaban J connectivity index is 1.68. The van der Waals surface area contributed by atoms with E-state index < -0.39 is 17.7 Å². The molecule has 1 aliphatic heterocycles. The lowest BCUT2D eigenvalue weighted by atomic mass is 9.94. The zero-order valence-electron chi connectivity index (χ0n) is 21.3. The van der Waals surface area contributed by atoms with E-state index in [1.807, 2.05) is 61.5 Å². The summed E-state index contributed by atoms with van der Waals surface area (Å²) >= 11 is 3.50. The first-order valence-electron chi connectivity index (χ1n) is 12.4. The van der Waals surface area contributed by atoms with Crippen molar-refractivity contribution in [3.63, 3.8) is 0 Å². The first-order chi connectivity index (χ1) is 17.8. The van der Waals surface area contributed by atoms with Gasteiger partial charge in [0.05, 0.1) is 32.3 Å². The molecule has 1 atom stereocenters. The van der Waals surface area contributed by atoms with Crippen molar-refractivity contribution in [3.8, 4) is 5.75 Å². The minimum Gasteiger partial charge on any atom is -0.507 e. The number of halogens is 1. The molecule has 0 bridgehead atoms. The third-order valence-corrected chi connectivity index (χ3v) is 6.96. The van der Waals surface area contributed by atoms with Crippen LogP contribution in [0.5, 0.6) is 5.75 Å². The zero-order chi connectivity index (χ0) is 26.5. The molecule has 0 saturated carbocycles. The van der Waals surface area contributed by atoms with Gasteiger partial charge in [-0.2, -0.15) is 0 Å². The number of Topliss-reactive ketones (excluding diaryl/α,β-unsaturated/α-hetero) is 1. The molecule has 1 fully saturated rings. The normalized spacial score (nSPS) is 17.0. The number of amides is 1. The van der Waals surface area contributed by atoms with Crippen molar-refractivity contribution >= 4 is 33.4 Å². The van der Waals surface area contributed by atoms with Crippen molar-refractivity contribution in [1.82, 2.24) is 4.90 Å². The molecule has 192 valence electrons. The highest BCUT2D eigenvalue weighted by molar-refractivity contribution is 9.10. The van der Waals surface area contributed by atoms with Gasteiger partial charge in [-0.15, -0.1) is 0 Å². The highest BCUT2D eigenvalue weighted by atomic mass is 79.9. The van der Waals surface area contributed by atoms with E-state index in [1.165, 1.54) is 4.90 Å². The van der Waals surface area contributed by atoms with Crippen molar-refractivity contribution in [3.05, 3.63) is 105 Å². The number of benzene rings is 3. The number of hydrogen-bond donors (Lipinski definition) is 2. The average molecular weight is 565 g/mol. The molecule has 1 saturated heterocycles. The van der Waals surface area contributed by atoms with E-state index >= 15 is 0 Å². The van der Waals surface area contributed by atoms with Crippen LogP contribution in [0.3, 0.4) is 0 Å². The Hall–Kier alpha value is -3.42. The molecule has 37 heavy (non-hydrogen) atoms. The number of quaternary nitrogens is 1. The molecule has 4 rings (SSSR count). The summed E-state index contributed by atoms with van der Waals surface area (Å²) in [5.74, 6) is -0.737. The summed E-state index contributed by atoms with van der Waals surface area (Å²) in [6.07, 6.45) is 0.743. The molecule has 0 radical (unpaired) electrons. The van der Waals surface area contributed by atoms with Gasteiger partial charge in [-0.25, -0.2) is 0 Å². The van der Waals surface area contributed by atoms with E-state index in [9.17, 15) is 14.7 Å². The SMILES string of the molecule is Cc1cc(C(O)=C2C(=O)C(=O)N(CCC[NH+](C)C)[C@@H]2c2cccc(Br)c2)ccc1OCc1ccccc1. The van der Waals surface area contributed by atoms with Gasteiger partial charge < -0.3 is 19.6 Å². The van der Waals surface area contributed by atoms with E-state index in [1.54, 1.807) is 23.1 Å². The molecule has 0 spiro atoms. The summed E-state index contributed by atoms with van der Waals surface area (Å²) < 4.78 is 6.81. The largest absolute Gasteiger partial charge is 0.507 e. The van der Waals surface area contributed by atoms with Gasteiger partial charge in [0.1, 0.15) is 18.1 Å². The second kappa shape index (κ2) is 11.8. The molecular weight excluding hydrogens is 532 g/mol. The van der Waals surface area contributed by atoms with Crippen LogP contribution < -0.4 is 9.64 Å². The molecule has 1 heterocycles. The maximum absolute atomic E-state index is 13.3. The van der Waals surface area contributed by atoms with Gasteiger partial charge in [0.25, 0.3) is 11.7 Å². The minimum absolute atomic E-state index is 0.109. The van der Waals surface area contributed by atoms with E-state index in [0.29, 0.717) is 24.5 Å². The molecule has 6 nitrogen and oxygen atoms in total. The number of hydrogen-bond acceptors (Lipinski definition) is 4. The zero-order valence-corrected chi connectivity index (χ0v) is 22.9. The van der Waals surface area contributed by atoms with Crippen LogP contribution in [-0.4, -0.2) is 48.9 Å². The number of ketones is 1. The molecule has 0 aromatic heterocycles. The molecule has 0 aliphatic carbocycles. The quantitative estimate of drug-likeness (QED) is 0.231. The van der Waals surface area contributed by atoms with Gasteiger partial charge in [0.2, 0.25) is 0 Å². The number of aryl methyl sites for hydroxylation is 1. The molecular formula is C30H32BrN2O4+. The molecule has 7 heteroatoms. The van der Waals surface area contributed by atoms with Crippen LogP contribution in [-0.2, 0) is 16.2 Å². The van der Waals surface area contributed by atoms with Gasteiger partial charge in [-0.05, 0) is 53.9 Å². The van der Waals surface area contributed by atoms with Crippen molar-refractivity contribution in [2.24, 2.45) is 0 Å². The molecule has 1 amide bonds. The fraction of sp³-hybridized carbons (Fsp3) is 0.267. The molecule has 3 aromatic carbocycles. The lowest BCUT2D eigenvalue weighted by Crippen LogP contribution is -3.05. The number of nitrogens with zero attached hydrogens (tertiary/aromatic N) is 1. The van der Waals surface area contributed by atoms with Crippen LogP contribution in [0.4, 0.5) is 0 Å². The number of carbonyl (C=O) groups excluding carboxylic acids is 2. The fourth-order valence-electron chi connectivity index (χ4n) is 4.59. The summed E-state index contributed by atoms with van der Waals surface area (Å²) in [4.78, 5) is 29.2. The summed E-state index contributed by atoms with van der Waals surface area (Å²) in [6.45, 7) is 3.60. The Bertz CT molecular complexity index is 1320. The fourth-order valence-corrected chi connectivity index (χ4v) is 5.00. The third kappa shape index (κ3) is 6.12. The highest BCUT2D eigenvalue weighted by Gasteiger charge is 2.45. The van der Waals surface area contributed by atoms with Crippen molar-refractivity contribution in [1.29, 1.82) is 0 Å². The Morgan fingerprint density at radius 3 is 2.46 bits per heavy atom. The Morgan fingerprint density at radius 2 is 1.78 bits per heavy atom. The first-order valence-corrected chi connectivity index (χ1v) is 13.2. The second-order valence-electron chi connectivity index (χ2n) is 9.61. The van der Waals surface area contributed by atoms with Crippen LogP contribution in [0.2, 0.25) is 0 Å². The summed E-state index contributed by atoms with van der Waals surface area (Å²) in [5, 5.41) is 11.4. The lowest BCUT2D eigenvalue weighted by molar-refractivity contribution is -0.858. The topological polar surface area (TPSA) is 71.3 Å². The predicted octanol–water partition coefficient (Wildman–Crippen LogP) is 4.29. The van der Waals surface area contributed by atoms with E-state index in [-0.39, 0.29) is 11.3 Å². The minimum atomic E-state index is -0.665. The smallest absolute Gasteiger partial charge is 0.295 e. The van der Waals surface area contributed by atoms with Crippen LogP contribution in [0.25, 0.3) is 5.76 Å². The van der Waals surface area contributed by atoms with Gasteiger partial charge in [0, 0.05) is 23.0 Å². The summed E-state index contributed by atoms with van der Waals surface area (Å²) in [5.41, 5.74) is 3.23. The van der Waals surface area contributed by atoms with Crippen molar-refractivity contribution in [2.45, 2.75) is 26.0 Å². The second-order valence-corrected chi connectivity index (χ2v) is 10.5. The third-order valence-electron chi connectivity index (χ3n) is 6.47. The summed E-state index contributed by atoms with van der Waals surface area (Å²) in [7, 11) is 4.10. The van der Waals surface area contributed by atoms with E-state index in [2.05, 4.69) is 30.0 Å². The van der Waals surface area contributed by atoms with Crippen LogP contribution in [0.15, 0.2) is 82.8 Å². The summed E-state index contributed by atoms with van der Waals surface area (Å²) in [6, 6.07) is 22.0. The Morgan fingerprint density at radius 1 is 1.03 bits per heavy atom. The number of ether oxygens (including phenoxy) is 1. The number of carbonyl (C=O) groups is 2. The Labute approximate surface area is 226 Å². The standard InChI is InChI=1S/C30H31BrN2O4/c1-20-17-23(13-14-25(20)37-19-21-9-5-4-6-10-21)28(34)26-27(22-11-7-12-24(31)18-22)33(30(36)29(26)35)16-8-15-32(2)3/h4-7,9-14,17-18,27,34H,8,15-16,19H2,1-3H3/p+1/t27-/m1/s1. The predicted molar refractivity (Wildman–Crippen MR) is 147 cm³/mol. The average Bonchev–Trinajstić information content (AvgIpc) is 3.13. The number of aliphatic hydroxyl groups excluding tert-OH is 1. The van der Waals surface area contributed by atoms with Crippen LogP contribution >= 0.6 is 15.9 Å². The van der Waals surface area contributed by atoms with Crippen molar-refractivity contribution < 1.29 is 24.3 Å². The maximum Gasteiger partial charge on any atom is 0.295 e. The van der Waals surface area contributed by atoms with E-state index in [4.69, 9.17) is 4.74 Å². The van der Waals surface area contributed by atoms with Gasteiger partial charge in [-0.1, -0.05) is 58.4 Å². The van der Waals surface area contributed by atoms with Crippen LogP contribution in [0, 0.1) is 6.92 Å². The molecule has 3 aromatic rings. The number of aliphatic hydroxyl groups is 1. The molecule has 2 N–H and O–H groups in total. The number of rotatable bonds is 9. The molecule has 0 unspecified atom stereocenters. The Kier molecular flexibility index (Phi) is 8.46. The van der Waals surface area contributed by atoms with Gasteiger partial charge in [-0.3, -0.25) is 9.59 Å². The van der Waals surface area contributed by atoms with Gasteiger partial charge in [0.15, 0.2) is 0 Å². The maximum atomic E-state index is 13.3. The molecule has 1 aliphatic rings.